The summed E-state index contributed by atoms with van der Waals surface area (Å²) in [6.45, 7) is 1.31. The molecular formula is C13H11ClFN3O2. The van der Waals surface area contributed by atoms with Crippen molar-refractivity contribution in [1.82, 2.24) is 4.98 Å². The molecule has 0 saturated heterocycles. The Bertz CT molecular complexity index is 631. The Hall–Kier alpha value is -2.02. The lowest BCUT2D eigenvalue weighted by atomic mass is 10.2. The van der Waals surface area contributed by atoms with Crippen LogP contribution in [0.5, 0.6) is 0 Å². The molecule has 0 unspecified atom stereocenters. The highest BCUT2D eigenvalue weighted by atomic mass is 35.5. The lowest BCUT2D eigenvalue weighted by molar-refractivity contribution is -0.497. The Balaban J connectivity index is 2.53. The van der Waals surface area contributed by atoms with Gasteiger partial charge in [0.15, 0.2) is 0 Å². The predicted molar refractivity (Wildman–Crippen MR) is 73.4 cm³/mol. The van der Waals surface area contributed by atoms with Gasteiger partial charge in [0, 0.05) is 30.3 Å². The number of nitrogens with two attached hydrogens (primary N) is 1. The fourth-order valence-electron chi connectivity index (χ4n) is 1.77. The van der Waals surface area contributed by atoms with Crippen molar-refractivity contribution < 1.29 is 14.7 Å². The van der Waals surface area contributed by atoms with Crippen LogP contribution in [0.3, 0.4) is 0 Å². The van der Waals surface area contributed by atoms with Gasteiger partial charge in [-0.2, -0.15) is 0 Å². The molecule has 0 aliphatic carbocycles. The third-order valence-corrected chi connectivity index (χ3v) is 2.77. The van der Waals surface area contributed by atoms with Crippen molar-refractivity contribution in [2.75, 3.05) is 4.90 Å². The Labute approximate surface area is 119 Å². The maximum atomic E-state index is 13.4. The highest BCUT2D eigenvalue weighted by Crippen LogP contribution is 2.28. The molecule has 0 radical (unpaired) electrons. The zero-order chi connectivity index (χ0) is 14.7. The lowest BCUT2D eigenvalue weighted by Crippen LogP contribution is -2.70. The Morgan fingerprint density at radius 3 is 2.75 bits per heavy atom. The number of halogens is 2. The molecule has 0 fully saturated rings. The van der Waals surface area contributed by atoms with Gasteiger partial charge in [0.25, 0.3) is 0 Å². The van der Waals surface area contributed by atoms with Crippen molar-refractivity contribution in [3.8, 4) is 0 Å². The highest BCUT2D eigenvalue weighted by Gasteiger charge is 2.17. The lowest BCUT2D eigenvalue weighted by Gasteiger charge is -2.20. The van der Waals surface area contributed by atoms with Crippen LogP contribution in [-0.4, -0.2) is 10.9 Å². The van der Waals surface area contributed by atoms with Crippen molar-refractivity contribution in [3.63, 3.8) is 0 Å². The van der Waals surface area contributed by atoms with Gasteiger partial charge in [-0.05, 0) is 18.2 Å². The zero-order valence-corrected chi connectivity index (χ0v) is 11.3. The van der Waals surface area contributed by atoms with Crippen LogP contribution >= 0.6 is 11.6 Å². The zero-order valence-electron chi connectivity index (χ0n) is 10.5. The number of hydrogen-bond acceptors (Lipinski definition) is 3. The van der Waals surface area contributed by atoms with E-state index < -0.39 is 5.82 Å². The first kappa shape index (κ1) is 14.4. The summed E-state index contributed by atoms with van der Waals surface area (Å²) < 4.78 is 13.4. The van der Waals surface area contributed by atoms with Gasteiger partial charge in [-0.1, -0.05) is 11.6 Å². The molecule has 0 atom stereocenters. The third kappa shape index (κ3) is 3.11. The standard InChI is InChI=1S/C13H11ClFN3O2/c1-8(19)18(12-5-9(14)4-10(15)6-12)13-7-11(17-20)2-3-16-13/h2-7H,17H2,1H3. The van der Waals surface area contributed by atoms with Gasteiger partial charge in [-0.15, -0.1) is 0 Å². The molecule has 1 aromatic heterocycles. The monoisotopic (exact) mass is 295 g/mol. The molecule has 2 rings (SSSR count). The van der Waals surface area contributed by atoms with Gasteiger partial charge < -0.3 is 10.7 Å². The van der Waals surface area contributed by atoms with E-state index in [0.29, 0.717) is 11.2 Å². The molecule has 0 aliphatic rings. The molecule has 5 nitrogen and oxygen atoms in total. The number of anilines is 2. The minimum absolute atomic E-state index is 0.165. The molecule has 1 aromatic carbocycles. The Morgan fingerprint density at radius 2 is 2.15 bits per heavy atom. The fraction of sp³-hybridized carbons (Fsp3) is 0.0769. The summed E-state index contributed by atoms with van der Waals surface area (Å²) in [7, 11) is 0. The van der Waals surface area contributed by atoms with E-state index in [-0.39, 0.29) is 22.4 Å². The van der Waals surface area contributed by atoms with Gasteiger partial charge in [-0.25, -0.2) is 9.37 Å². The van der Waals surface area contributed by atoms with E-state index in [0.717, 1.165) is 6.07 Å². The Morgan fingerprint density at radius 1 is 1.40 bits per heavy atom. The summed E-state index contributed by atoms with van der Waals surface area (Å²) in [5, 5.41) is 10.9. The number of benzene rings is 1. The molecule has 0 spiro atoms. The molecular weight excluding hydrogens is 285 g/mol. The van der Waals surface area contributed by atoms with Crippen LogP contribution in [0.4, 0.5) is 21.6 Å². The highest BCUT2D eigenvalue weighted by molar-refractivity contribution is 6.31. The van der Waals surface area contributed by atoms with Gasteiger partial charge in [0.05, 0.1) is 5.69 Å². The Kier molecular flexibility index (Phi) is 4.29. The minimum atomic E-state index is -0.565. The summed E-state index contributed by atoms with van der Waals surface area (Å²) >= 11 is 5.79. The van der Waals surface area contributed by atoms with E-state index >= 15 is 0 Å². The third-order valence-electron chi connectivity index (χ3n) is 2.56. The molecule has 2 aromatic rings. The van der Waals surface area contributed by atoms with Crippen molar-refractivity contribution >= 4 is 34.7 Å². The molecule has 0 saturated carbocycles. The number of aromatic nitrogens is 1. The normalized spacial score (nSPS) is 10.4. The van der Waals surface area contributed by atoms with Crippen LogP contribution in [-0.2, 0) is 4.79 Å². The van der Waals surface area contributed by atoms with Crippen molar-refractivity contribution in [1.29, 1.82) is 0 Å². The fourth-order valence-corrected chi connectivity index (χ4v) is 1.99. The quantitative estimate of drug-likeness (QED) is 0.883. The first-order chi connectivity index (χ1) is 9.51. The summed E-state index contributed by atoms with van der Waals surface area (Å²) in [6, 6.07) is 6.70. The first-order valence-electron chi connectivity index (χ1n) is 5.69. The maximum absolute atomic E-state index is 13.4. The number of carbonyl (C=O) groups excluding carboxylic acids is 1. The van der Waals surface area contributed by atoms with E-state index in [9.17, 15) is 14.4 Å². The van der Waals surface area contributed by atoms with Gasteiger partial charge in [-0.3, -0.25) is 9.69 Å². The van der Waals surface area contributed by atoms with Crippen LogP contribution in [0.25, 0.3) is 0 Å². The summed E-state index contributed by atoms with van der Waals surface area (Å²) in [6.07, 6.45) is 1.40. The molecule has 0 bridgehead atoms. The van der Waals surface area contributed by atoms with E-state index in [2.05, 4.69) is 4.98 Å². The minimum Gasteiger partial charge on any atom is -0.630 e. The number of quaternary nitrogens is 1. The van der Waals surface area contributed by atoms with Crippen LogP contribution < -0.4 is 10.4 Å². The van der Waals surface area contributed by atoms with Crippen molar-refractivity contribution in [2.24, 2.45) is 0 Å². The smallest absolute Gasteiger partial charge is 0.229 e. The number of rotatable bonds is 3. The summed E-state index contributed by atoms with van der Waals surface area (Å²) in [5.41, 5.74) is 1.25. The summed E-state index contributed by atoms with van der Waals surface area (Å²) in [4.78, 5) is 17.0. The van der Waals surface area contributed by atoms with Crippen LogP contribution in [0.2, 0.25) is 5.02 Å². The van der Waals surface area contributed by atoms with Crippen molar-refractivity contribution in [2.45, 2.75) is 6.92 Å². The van der Waals surface area contributed by atoms with E-state index in [1.165, 1.54) is 42.3 Å². The number of carbonyl (C=O) groups is 1. The number of hydrogen-bond donors (Lipinski definition) is 1. The van der Waals surface area contributed by atoms with Crippen LogP contribution in [0, 0.1) is 11.0 Å². The number of nitrogens with zero attached hydrogens (tertiary/aromatic N) is 2. The molecule has 20 heavy (non-hydrogen) atoms. The van der Waals surface area contributed by atoms with E-state index in [1.54, 1.807) is 0 Å². The van der Waals surface area contributed by atoms with Gasteiger partial charge in [0.2, 0.25) is 5.91 Å². The molecule has 7 heteroatoms. The topological polar surface area (TPSA) is 72.9 Å². The van der Waals surface area contributed by atoms with Crippen LogP contribution in [0.15, 0.2) is 36.5 Å². The van der Waals surface area contributed by atoms with Gasteiger partial charge >= 0.3 is 0 Å². The van der Waals surface area contributed by atoms with Crippen molar-refractivity contribution in [3.05, 3.63) is 52.6 Å². The SMILES string of the molecule is CC(=O)N(c1cc(F)cc(Cl)c1)c1cc([NH2+][O-])ccn1. The van der Waals surface area contributed by atoms with Gasteiger partial charge in [0.1, 0.15) is 17.3 Å². The number of amides is 1. The second kappa shape index (κ2) is 5.96. The average molecular weight is 296 g/mol. The maximum Gasteiger partial charge on any atom is 0.229 e. The second-order valence-corrected chi connectivity index (χ2v) is 4.48. The predicted octanol–water partition coefficient (Wildman–Crippen LogP) is 2.25. The largest absolute Gasteiger partial charge is 0.630 e. The van der Waals surface area contributed by atoms with E-state index in [1.807, 2.05) is 0 Å². The second-order valence-electron chi connectivity index (χ2n) is 4.05. The van der Waals surface area contributed by atoms with Crippen LogP contribution in [0.1, 0.15) is 6.92 Å². The summed E-state index contributed by atoms with van der Waals surface area (Å²) in [5.74, 6) is -0.712. The van der Waals surface area contributed by atoms with E-state index in [4.69, 9.17) is 11.6 Å². The first-order valence-corrected chi connectivity index (χ1v) is 6.07. The molecule has 1 heterocycles. The molecule has 0 aliphatic heterocycles. The number of pyridine rings is 1. The average Bonchev–Trinajstić information content (AvgIpc) is 2.37. The molecule has 104 valence electrons. The molecule has 2 N–H and O–H groups in total. The molecule has 1 amide bonds.